The normalized spacial score (nSPS) is 11.4. The van der Waals surface area contributed by atoms with E-state index in [1.165, 1.54) is 28.6 Å². The number of nitriles is 1. The van der Waals surface area contributed by atoms with Gasteiger partial charge in [0.1, 0.15) is 0 Å². The van der Waals surface area contributed by atoms with Gasteiger partial charge in [-0.25, -0.2) is 12.7 Å². The van der Waals surface area contributed by atoms with E-state index >= 15 is 0 Å². The van der Waals surface area contributed by atoms with Crippen molar-refractivity contribution in [1.29, 1.82) is 5.26 Å². The number of halogens is 1. The van der Waals surface area contributed by atoms with E-state index in [-0.39, 0.29) is 4.90 Å². The van der Waals surface area contributed by atoms with Crippen LogP contribution in [0, 0.1) is 11.3 Å². The topological polar surface area (TPSA) is 61.2 Å². The maximum atomic E-state index is 12.1. The van der Waals surface area contributed by atoms with Crippen molar-refractivity contribution >= 4 is 26.0 Å². The van der Waals surface area contributed by atoms with E-state index < -0.39 is 10.0 Å². The van der Waals surface area contributed by atoms with Crippen LogP contribution >= 0.6 is 15.9 Å². The SMILES string of the molecule is CN(CCCBr)S(=O)(=O)c1ccc(C#N)cc1. The number of sulfonamides is 1. The smallest absolute Gasteiger partial charge is 0.207 e. The fraction of sp³-hybridized carbons (Fsp3) is 0.364. The van der Waals surface area contributed by atoms with Gasteiger partial charge in [-0.2, -0.15) is 5.26 Å². The Bertz CT molecular complexity index is 505. The van der Waals surface area contributed by atoms with E-state index in [2.05, 4.69) is 15.9 Å². The number of alkyl halides is 1. The molecule has 17 heavy (non-hydrogen) atoms. The number of hydrogen-bond donors (Lipinski definition) is 0. The monoisotopic (exact) mass is 316 g/mol. The molecule has 0 aliphatic carbocycles. The molecule has 0 aliphatic rings. The Labute approximate surface area is 110 Å². The highest BCUT2D eigenvalue weighted by molar-refractivity contribution is 9.09. The lowest BCUT2D eigenvalue weighted by atomic mass is 10.2. The molecule has 1 aromatic rings. The molecular weight excluding hydrogens is 304 g/mol. The summed E-state index contributed by atoms with van der Waals surface area (Å²) in [6.45, 7) is 0.466. The summed E-state index contributed by atoms with van der Waals surface area (Å²) in [5.74, 6) is 0. The summed E-state index contributed by atoms with van der Waals surface area (Å²) in [7, 11) is -1.88. The van der Waals surface area contributed by atoms with Gasteiger partial charge in [0.25, 0.3) is 0 Å². The summed E-state index contributed by atoms with van der Waals surface area (Å²) in [5, 5.41) is 9.41. The largest absolute Gasteiger partial charge is 0.242 e. The zero-order valence-corrected chi connectivity index (χ0v) is 11.8. The highest BCUT2D eigenvalue weighted by Gasteiger charge is 2.19. The highest BCUT2D eigenvalue weighted by atomic mass is 79.9. The van der Waals surface area contributed by atoms with Crippen molar-refractivity contribution in [2.45, 2.75) is 11.3 Å². The van der Waals surface area contributed by atoms with E-state index in [0.29, 0.717) is 12.1 Å². The number of benzene rings is 1. The van der Waals surface area contributed by atoms with Crippen LogP contribution in [0.5, 0.6) is 0 Å². The van der Waals surface area contributed by atoms with Crippen molar-refractivity contribution in [1.82, 2.24) is 4.31 Å². The first-order valence-electron chi connectivity index (χ1n) is 5.05. The molecule has 4 nitrogen and oxygen atoms in total. The lowest BCUT2D eigenvalue weighted by molar-refractivity contribution is 0.470. The van der Waals surface area contributed by atoms with Crippen molar-refractivity contribution in [2.24, 2.45) is 0 Å². The van der Waals surface area contributed by atoms with Crippen LogP contribution < -0.4 is 0 Å². The van der Waals surface area contributed by atoms with Crippen LogP contribution in [0.25, 0.3) is 0 Å². The molecule has 0 unspecified atom stereocenters. The number of nitrogens with zero attached hydrogens (tertiary/aromatic N) is 2. The first-order chi connectivity index (χ1) is 8.02. The van der Waals surface area contributed by atoms with E-state index in [0.717, 1.165) is 11.8 Å². The van der Waals surface area contributed by atoms with Crippen LogP contribution in [0.15, 0.2) is 29.2 Å². The lowest BCUT2D eigenvalue weighted by Gasteiger charge is -2.16. The summed E-state index contributed by atoms with van der Waals surface area (Å²) in [5.41, 5.74) is 0.451. The molecule has 0 aliphatic heterocycles. The average Bonchev–Trinajstić information content (AvgIpc) is 2.35. The maximum absolute atomic E-state index is 12.1. The molecule has 0 spiro atoms. The zero-order chi connectivity index (χ0) is 12.9. The lowest BCUT2D eigenvalue weighted by Crippen LogP contribution is -2.28. The van der Waals surface area contributed by atoms with E-state index in [1.807, 2.05) is 6.07 Å². The summed E-state index contributed by atoms with van der Waals surface area (Å²) < 4.78 is 25.4. The second-order valence-corrected chi connectivity index (χ2v) is 6.34. The second-order valence-electron chi connectivity index (χ2n) is 3.51. The van der Waals surface area contributed by atoms with Crippen molar-refractivity contribution < 1.29 is 8.42 Å². The van der Waals surface area contributed by atoms with Crippen LogP contribution in [0.2, 0.25) is 0 Å². The molecule has 1 rings (SSSR count). The molecule has 0 fully saturated rings. The Morgan fingerprint density at radius 3 is 2.41 bits per heavy atom. The summed E-state index contributed by atoms with van der Waals surface area (Å²) in [4.78, 5) is 0.216. The molecule has 6 heteroatoms. The minimum atomic E-state index is -3.43. The van der Waals surface area contributed by atoms with Crippen LogP contribution in [0.4, 0.5) is 0 Å². The highest BCUT2D eigenvalue weighted by Crippen LogP contribution is 2.15. The van der Waals surface area contributed by atoms with Gasteiger partial charge in [0.15, 0.2) is 0 Å². The molecule has 0 bridgehead atoms. The van der Waals surface area contributed by atoms with Gasteiger partial charge in [0.05, 0.1) is 16.5 Å². The Hall–Kier alpha value is -0.900. The Morgan fingerprint density at radius 1 is 1.35 bits per heavy atom. The zero-order valence-electron chi connectivity index (χ0n) is 9.43. The molecule has 0 atom stereocenters. The van der Waals surface area contributed by atoms with Crippen molar-refractivity contribution in [3.05, 3.63) is 29.8 Å². The van der Waals surface area contributed by atoms with Crippen molar-refractivity contribution in [3.8, 4) is 6.07 Å². The van der Waals surface area contributed by atoms with Gasteiger partial charge in [0.2, 0.25) is 10.0 Å². The van der Waals surface area contributed by atoms with E-state index in [4.69, 9.17) is 5.26 Å². The molecule has 92 valence electrons. The van der Waals surface area contributed by atoms with E-state index in [1.54, 1.807) is 7.05 Å². The van der Waals surface area contributed by atoms with Crippen LogP contribution in [-0.2, 0) is 10.0 Å². The summed E-state index contributed by atoms with van der Waals surface area (Å²) >= 11 is 3.26. The minimum Gasteiger partial charge on any atom is -0.207 e. The first kappa shape index (κ1) is 14.2. The standard InChI is InChI=1S/C11H13BrN2O2S/c1-14(8-2-7-12)17(15,16)11-5-3-10(9-13)4-6-11/h3-6H,2,7-8H2,1H3. The summed E-state index contributed by atoms with van der Waals surface area (Å²) in [6, 6.07) is 7.88. The second kappa shape index (κ2) is 6.15. The Balaban J connectivity index is 2.93. The predicted octanol–water partition coefficient (Wildman–Crippen LogP) is 1.96. The Kier molecular flexibility index (Phi) is 5.12. The predicted molar refractivity (Wildman–Crippen MR) is 69.4 cm³/mol. The third-order valence-electron chi connectivity index (χ3n) is 2.30. The molecule has 0 saturated carbocycles. The molecule has 0 radical (unpaired) electrons. The van der Waals surface area contributed by atoms with Gasteiger partial charge < -0.3 is 0 Å². The van der Waals surface area contributed by atoms with Gasteiger partial charge in [-0.3, -0.25) is 0 Å². The third-order valence-corrected chi connectivity index (χ3v) is 4.73. The molecule has 1 aromatic carbocycles. The Morgan fingerprint density at radius 2 is 1.94 bits per heavy atom. The van der Waals surface area contributed by atoms with Crippen LogP contribution in [0.1, 0.15) is 12.0 Å². The fourth-order valence-corrected chi connectivity index (χ4v) is 2.74. The molecule has 0 N–H and O–H groups in total. The quantitative estimate of drug-likeness (QED) is 0.780. The van der Waals surface area contributed by atoms with E-state index in [9.17, 15) is 8.42 Å². The number of hydrogen-bond acceptors (Lipinski definition) is 3. The van der Waals surface area contributed by atoms with Crippen molar-refractivity contribution in [2.75, 3.05) is 18.9 Å². The average molecular weight is 317 g/mol. The summed E-state index contributed by atoms with van der Waals surface area (Å²) in [6.07, 6.45) is 0.756. The maximum Gasteiger partial charge on any atom is 0.242 e. The van der Waals surface area contributed by atoms with Crippen LogP contribution in [0.3, 0.4) is 0 Å². The molecule has 0 heterocycles. The minimum absolute atomic E-state index is 0.216. The van der Waals surface area contributed by atoms with Crippen molar-refractivity contribution in [3.63, 3.8) is 0 Å². The van der Waals surface area contributed by atoms with Gasteiger partial charge >= 0.3 is 0 Å². The fourth-order valence-electron chi connectivity index (χ4n) is 1.28. The van der Waals surface area contributed by atoms with Gasteiger partial charge in [-0.05, 0) is 30.7 Å². The first-order valence-corrected chi connectivity index (χ1v) is 7.61. The molecule has 0 amide bonds. The van der Waals surface area contributed by atoms with Crippen LogP contribution in [-0.4, -0.2) is 31.6 Å². The molecule has 0 saturated heterocycles. The number of rotatable bonds is 5. The van der Waals surface area contributed by atoms with Gasteiger partial charge in [-0.1, -0.05) is 15.9 Å². The van der Waals surface area contributed by atoms with Gasteiger partial charge in [0, 0.05) is 18.9 Å². The molecule has 0 aromatic heterocycles. The third kappa shape index (κ3) is 3.53. The van der Waals surface area contributed by atoms with Gasteiger partial charge in [-0.15, -0.1) is 0 Å². The molecular formula is C11H13BrN2O2S.